The zero-order chi connectivity index (χ0) is 12.7. The van der Waals surface area contributed by atoms with Crippen LogP contribution < -0.4 is 0 Å². The van der Waals surface area contributed by atoms with Crippen LogP contribution in [0.5, 0.6) is 0 Å². The van der Waals surface area contributed by atoms with Crippen LogP contribution in [-0.2, 0) is 0 Å². The molecule has 5 heteroatoms. The topological polar surface area (TPSA) is 31.9 Å². The Morgan fingerprint density at radius 1 is 1.44 bits per heavy atom. The van der Waals surface area contributed by atoms with Crippen molar-refractivity contribution in [2.24, 2.45) is 0 Å². The minimum absolute atomic E-state index is 0.285. The van der Waals surface area contributed by atoms with E-state index < -0.39 is 0 Å². The van der Waals surface area contributed by atoms with Crippen LogP contribution in [0.25, 0.3) is 16.5 Å². The van der Waals surface area contributed by atoms with Gasteiger partial charge in [-0.3, -0.25) is 5.10 Å². The predicted molar refractivity (Wildman–Crippen MR) is 71.2 cm³/mol. The quantitative estimate of drug-likeness (QED) is 0.859. The molecule has 2 heterocycles. The van der Waals surface area contributed by atoms with Crippen LogP contribution in [0.15, 0.2) is 18.2 Å². The maximum Gasteiger partial charge on any atom is 0.134 e. The standard InChI is InChI=1S/C13H13ClFN3/c1-18-6-2-3-8(7-18)12-11-10(15)5-4-9(14)13(11)17-16-12/h3-5H,2,6-7H2,1H3,(H,16,17). The molecule has 0 aliphatic carbocycles. The molecule has 18 heavy (non-hydrogen) atoms. The maximum absolute atomic E-state index is 14.0. The van der Waals surface area contributed by atoms with Crippen molar-refractivity contribution in [1.29, 1.82) is 0 Å². The van der Waals surface area contributed by atoms with Crippen molar-refractivity contribution in [2.75, 3.05) is 20.1 Å². The van der Waals surface area contributed by atoms with Gasteiger partial charge < -0.3 is 4.90 Å². The van der Waals surface area contributed by atoms with Gasteiger partial charge in [0, 0.05) is 13.1 Å². The first-order valence-corrected chi connectivity index (χ1v) is 6.24. The lowest BCUT2D eigenvalue weighted by molar-refractivity contribution is 0.372. The van der Waals surface area contributed by atoms with Gasteiger partial charge in [-0.2, -0.15) is 5.10 Å². The van der Waals surface area contributed by atoms with E-state index in [9.17, 15) is 4.39 Å². The molecular weight excluding hydrogens is 253 g/mol. The second-order valence-electron chi connectivity index (χ2n) is 4.61. The third kappa shape index (κ3) is 1.82. The normalized spacial score (nSPS) is 17.2. The minimum atomic E-state index is -0.285. The molecule has 0 unspecified atom stereocenters. The van der Waals surface area contributed by atoms with Crippen molar-refractivity contribution in [1.82, 2.24) is 15.1 Å². The van der Waals surface area contributed by atoms with Gasteiger partial charge in [-0.1, -0.05) is 17.7 Å². The van der Waals surface area contributed by atoms with E-state index in [0.29, 0.717) is 15.9 Å². The van der Waals surface area contributed by atoms with Crippen molar-refractivity contribution < 1.29 is 4.39 Å². The number of nitrogens with zero attached hydrogens (tertiary/aromatic N) is 2. The van der Waals surface area contributed by atoms with Gasteiger partial charge in [0.25, 0.3) is 0 Å². The predicted octanol–water partition coefficient (Wildman–Crippen LogP) is 3.07. The monoisotopic (exact) mass is 265 g/mol. The summed E-state index contributed by atoms with van der Waals surface area (Å²) >= 11 is 6.03. The molecule has 3 nitrogen and oxygen atoms in total. The first kappa shape index (κ1) is 11.7. The van der Waals surface area contributed by atoms with Crippen LogP contribution in [0, 0.1) is 5.82 Å². The zero-order valence-corrected chi connectivity index (χ0v) is 10.8. The van der Waals surface area contributed by atoms with E-state index in [2.05, 4.69) is 28.2 Å². The number of rotatable bonds is 1. The van der Waals surface area contributed by atoms with E-state index >= 15 is 0 Å². The van der Waals surface area contributed by atoms with Crippen LogP contribution in [0.3, 0.4) is 0 Å². The van der Waals surface area contributed by atoms with E-state index in [0.717, 1.165) is 30.8 Å². The number of hydrogen-bond donors (Lipinski definition) is 1. The zero-order valence-electron chi connectivity index (χ0n) is 10.0. The second kappa shape index (κ2) is 4.37. The fourth-order valence-corrected chi connectivity index (χ4v) is 2.56. The third-order valence-electron chi connectivity index (χ3n) is 3.27. The summed E-state index contributed by atoms with van der Waals surface area (Å²) in [5.74, 6) is -0.285. The molecule has 1 aromatic carbocycles. The molecule has 0 amide bonds. The molecule has 1 aliphatic heterocycles. The molecule has 2 aromatic rings. The Hall–Kier alpha value is -1.39. The molecule has 0 saturated carbocycles. The lowest BCUT2D eigenvalue weighted by Gasteiger charge is -2.22. The van der Waals surface area contributed by atoms with E-state index in [4.69, 9.17) is 11.6 Å². The molecule has 0 radical (unpaired) electrons. The summed E-state index contributed by atoms with van der Waals surface area (Å²) in [5, 5.41) is 8.00. The highest BCUT2D eigenvalue weighted by Crippen LogP contribution is 2.31. The smallest absolute Gasteiger partial charge is 0.134 e. The van der Waals surface area contributed by atoms with Crippen molar-refractivity contribution in [3.8, 4) is 0 Å². The fraction of sp³-hybridized carbons (Fsp3) is 0.308. The van der Waals surface area contributed by atoms with Gasteiger partial charge >= 0.3 is 0 Å². The molecule has 0 bridgehead atoms. The lowest BCUT2D eigenvalue weighted by Crippen LogP contribution is -2.25. The van der Waals surface area contributed by atoms with Crippen molar-refractivity contribution in [3.63, 3.8) is 0 Å². The molecule has 3 rings (SSSR count). The van der Waals surface area contributed by atoms with Gasteiger partial charge in [-0.25, -0.2) is 4.39 Å². The highest BCUT2D eigenvalue weighted by Gasteiger charge is 2.18. The number of hydrogen-bond acceptors (Lipinski definition) is 2. The number of halogens is 2. The van der Waals surface area contributed by atoms with E-state index in [1.807, 2.05) is 0 Å². The third-order valence-corrected chi connectivity index (χ3v) is 3.58. The Balaban J connectivity index is 2.18. The van der Waals surface area contributed by atoms with Crippen LogP contribution in [-0.4, -0.2) is 35.2 Å². The van der Waals surface area contributed by atoms with E-state index in [-0.39, 0.29) is 5.82 Å². The Kier molecular flexibility index (Phi) is 2.84. The molecule has 1 aliphatic rings. The summed E-state index contributed by atoms with van der Waals surface area (Å²) in [5.41, 5.74) is 2.32. The Morgan fingerprint density at radius 2 is 2.28 bits per heavy atom. The summed E-state index contributed by atoms with van der Waals surface area (Å²) in [6.07, 6.45) is 3.10. The van der Waals surface area contributed by atoms with Crippen molar-refractivity contribution in [2.45, 2.75) is 6.42 Å². The van der Waals surface area contributed by atoms with Gasteiger partial charge in [-0.15, -0.1) is 0 Å². The second-order valence-corrected chi connectivity index (χ2v) is 5.01. The average Bonchev–Trinajstić information content (AvgIpc) is 2.80. The van der Waals surface area contributed by atoms with Crippen molar-refractivity contribution in [3.05, 3.63) is 34.7 Å². The summed E-state index contributed by atoms with van der Waals surface area (Å²) in [7, 11) is 2.05. The summed E-state index contributed by atoms with van der Waals surface area (Å²) in [6, 6.07) is 2.92. The maximum atomic E-state index is 14.0. The molecule has 0 spiro atoms. The average molecular weight is 266 g/mol. The summed E-state index contributed by atoms with van der Waals surface area (Å²) < 4.78 is 14.0. The number of H-pyrrole nitrogens is 1. The van der Waals surface area contributed by atoms with Gasteiger partial charge in [0.2, 0.25) is 0 Å². The van der Waals surface area contributed by atoms with Gasteiger partial charge in [0.1, 0.15) is 11.3 Å². The minimum Gasteiger partial charge on any atom is -0.302 e. The van der Waals surface area contributed by atoms with E-state index in [1.54, 1.807) is 0 Å². The molecule has 0 atom stereocenters. The van der Waals surface area contributed by atoms with E-state index in [1.165, 1.54) is 12.1 Å². The largest absolute Gasteiger partial charge is 0.302 e. The fourth-order valence-electron chi connectivity index (χ4n) is 2.36. The number of nitrogens with one attached hydrogen (secondary N) is 1. The molecule has 1 aromatic heterocycles. The number of aromatic nitrogens is 2. The summed E-state index contributed by atoms with van der Waals surface area (Å²) in [6.45, 7) is 1.82. The van der Waals surface area contributed by atoms with Crippen LogP contribution in [0.1, 0.15) is 12.1 Å². The molecule has 1 N–H and O–H groups in total. The van der Waals surface area contributed by atoms with Gasteiger partial charge in [-0.05, 0) is 31.2 Å². The Bertz CT molecular complexity index is 632. The number of likely N-dealkylation sites (N-methyl/N-ethyl adjacent to an activating group) is 1. The Morgan fingerprint density at radius 3 is 3.06 bits per heavy atom. The lowest BCUT2D eigenvalue weighted by atomic mass is 10.0. The molecule has 0 fully saturated rings. The number of benzene rings is 1. The highest BCUT2D eigenvalue weighted by molar-refractivity contribution is 6.35. The van der Waals surface area contributed by atoms with Crippen molar-refractivity contribution >= 4 is 28.1 Å². The van der Waals surface area contributed by atoms with Gasteiger partial charge in [0.05, 0.1) is 16.1 Å². The summed E-state index contributed by atoms with van der Waals surface area (Å²) in [4.78, 5) is 2.20. The Labute approximate surface area is 109 Å². The van der Waals surface area contributed by atoms with Crippen LogP contribution >= 0.6 is 11.6 Å². The van der Waals surface area contributed by atoms with Crippen LogP contribution in [0.4, 0.5) is 4.39 Å². The SMILES string of the molecule is CN1CCC=C(c2[nH]nc3c(Cl)ccc(F)c23)C1. The molecular formula is C13H13ClFN3. The number of fused-ring (bicyclic) bond motifs is 1. The number of aromatic amines is 1. The first-order chi connectivity index (χ1) is 8.66. The highest BCUT2D eigenvalue weighted by atomic mass is 35.5. The van der Waals surface area contributed by atoms with Crippen LogP contribution in [0.2, 0.25) is 5.02 Å². The molecule has 0 saturated heterocycles. The van der Waals surface area contributed by atoms with Gasteiger partial charge in [0.15, 0.2) is 0 Å². The molecule has 94 valence electrons. The first-order valence-electron chi connectivity index (χ1n) is 5.87.